The quantitative estimate of drug-likeness (QED) is 0.787. The standard InChI is InChI=1S/C14H13NS/c1-16-14(13-5-3-2-4-6-13)11-12-7-9-15-10-8-12/h2-11H,1H3/b14-11+. The highest BCUT2D eigenvalue weighted by Crippen LogP contribution is 2.27. The number of hydrogen-bond acceptors (Lipinski definition) is 2. The Bertz CT molecular complexity index is 463. The summed E-state index contributed by atoms with van der Waals surface area (Å²) < 4.78 is 0. The van der Waals surface area contributed by atoms with E-state index in [1.54, 1.807) is 11.8 Å². The van der Waals surface area contributed by atoms with Crippen LogP contribution >= 0.6 is 11.8 Å². The van der Waals surface area contributed by atoms with Gasteiger partial charge in [-0.3, -0.25) is 4.98 Å². The Morgan fingerprint density at radius 3 is 2.38 bits per heavy atom. The second-order valence-corrected chi connectivity index (χ2v) is 4.21. The molecule has 0 aliphatic carbocycles. The zero-order chi connectivity index (χ0) is 11.2. The maximum atomic E-state index is 4.02. The third-order valence-corrected chi connectivity index (χ3v) is 3.08. The second-order valence-electron chi connectivity index (χ2n) is 3.36. The molecule has 0 aliphatic heterocycles. The molecule has 0 atom stereocenters. The highest BCUT2D eigenvalue weighted by molar-refractivity contribution is 8.07. The molecule has 0 radical (unpaired) electrons. The van der Waals surface area contributed by atoms with Crippen LogP contribution in [0, 0.1) is 0 Å². The number of pyridine rings is 1. The van der Waals surface area contributed by atoms with Crippen LogP contribution in [0.4, 0.5) is 0 Å². The first-order valence-electron chi connectivity index (χ1n) is 5.11. The first kappa shape index (κ1) is 11.0. The molecular formula is C14H13NS. The zero-order valence-corrected chi connectivity index (χ0v) is 9.95. The Hall–Kier alpha value is -1.54. The Morgan fingerprint density at radius 2 is 1.75 bits per heavy atom. The number of hydrogen-bond donors (Lipinski definition) is 0. The van der Waals surface area contributed by atoms with Crippen molar-refractivity contribution in [2.24, 2.45) is 0 Å². The van der Waals surface area contributed by atoms with E-state index in [2.05, 4.69) is 41.6 Å². The lowest BCUT2D eigenvalue weighted by Gasteiger charge is -2.04. The SMILES string of the molecule is CS/C(=C/c1ccncc1)c1ccccc1. The molecule has 80 valence electrons. The van der Waals surface area contributed by atoms with E-state index >= 15 is 0 Å². The van der Waals surface area contributed by atoms with Crippen LogP contribution in [0.25, 0.3) is 11.0 Å². The van der Waals surface area contributed by atoms with Gasteiger partial charge in [0.2, 0.25) is 0 Å². The second kappa shape index (κ2) is 5.52. The molecule has 0 spiro atoms. The molecule has 2 aromatic rings. The minimum atomic E-state index is 1.18. The van der Waals surface area contributed by atoms with Crippen molar-refractivity contribution in [3.8, 4) is 0 Å². The molecule has 16 heavy (non-hydrogen) atoms. The summed E-state index contributed by atoms with van der Waals surface area (Å²) in [7, 11) is 0. The largest absolute Gasteiger partial charge is 0.265 e. The van der Waals surface area contributed by atoms with Gasteiger partial charge in [-0.25, -0.2) is 0 Å². The highest BCUT2D eigenvalue weighted by atomic mass is 32.2. The first-order valence-corrected chi connectivity index (χ1v) is 6.34. The van der Waals surface area contributed by atoms with E-state index in [9.17, 15) is 0 Å². The van der Waals surface area contributed by atoms with Gasteiger partial charge in [-0.1, -0.05) is 30.3 Å². The lowest BCUT2D eigenvalue weighted by Crippen LogP contribution is -1.80. The van der Waals surface area contributed by atoms with Gasteiger partial charge in [-0.05, 0) is 35.6 Å². The van der Waals surface area contributed by atoms with Crippen LogP contribution < -0.4 is 0 Å². The average molecular weight is 227 g/mol. The molecule has 2 heteroatoms. The number of thioether (sulfide) groups is 1. The van der Waals surface area contributed by atoms with Crippen LogP contribution in [0.3, 0.4) is 0 Å². The normalized spacial score (nSPS) is 11.4. The average Bonchev–Trinajstić information content (AvgIpc) is 2.38. The molecule has 1 aromatic heterocycles. The molecule has 0 unspecified atom stereocenters. The summed E-state index contributed by atoms with van der Waals surface area (Å²) in [6.45, 7) is 0. The van der Waals surface area contributed by atoms with Crippen LogP contribution in [0.15, 0.2) is 54.9 Å². The Labute approximate surface area is 100 Å². The number of nitrogens with zero attached hydrogens (tertiary/aromatic N) is 1. The third-order valence-electron chi connectivity index (χ3n) is 2.28. The fraction of sp³-hybridized carbons (Fsp3) is 0.0714. The highest BCUT2D eigenvalue weighted by Gasteiger charge is 1.98. The van der Waals surface area contributed by atoms with Crippen molar-refractivity contribution in [2.75, 3.05) is 6.26 Å². The topological polar surface area (TPSA) is 12.9 Å². The minimum Gasteiger partial charge on any atom is -0.265 e. The summed E-state index contributed by atoms with van der Waals surface area (Å²) in [5, 5.41) is 0. The predicted molar refractivity (Wildman–Crippen MR) is 72.1 cm³/mol. The molecule has 0 saturated heterocycles. The fourth-order valence-corrected chi connectivity index (χ4v) is 2.10. The van der Waals surface area contributed by atoms with Crippen LogP contribution in [0.2, 0.25) is 0 Å². The summed E-state index contributed by atoms with van der Waals surface area (Å²) in [4.78, 5) is 5.29. The van der Waals surface area contributed by atoms with Gasteiger partial charge in [-0.2, -0.15) is 0 Å². The van der Waals surface area contributed by atoms with Crippen LogP contribution in [0.5, 0.6) is 0 Å². The van der Waals surface area contributed by atoms with Crippen LogP contribution in [0.1, 0.15) is 11.1 Å². The molecule has 0 bridgehead atoms. The Morgan fingerprint density at radius 1 is 1.06 bits per heavy atom. The number of benzene rings is 1. The molecule has 0 N–H and O–H groups in total. The molecular weight excluding hydrogens is 214 g/mol. The molecule has 0 fully saturated rings. The zero-order valence-electron chi connectivity index (χ0n) is 9.13. The van der Waals surface area contributed by atoms with E-state index in [1.165, 1.54) is 16.0 Å². The molecule has 0 saturated carbocycles. The van der Waals surface area contributed by atoms with E-state index in [0.717, 1.165) is 0 Å². The summed E-state index contributed by atoms with van der Waals surface area (Å²) in [5.41, 5.74) is 2.44. The predicted octanol–water partition coefficient (Wildman–Crippen LogP) is 3.94. The van der Waals surface area contributed by atoms with E-state index in [-0.39, 0.29) is 0 Å². The van der Waals surface area contributed by atoms with Gasteiger partial charge >= 0.3 is 0 Å². The van der Waals surface area contributed by atoms with Gasteiger partial charge in [-0.15, -0.1) is 11.8 Å². The van der Waals surface area contributed by atoms with Gasteiger partial charge in [0.15, 0.2) is 0 Å². The van der Waals surface area contributed by atoms with Crippen molar-refractivity contribution in [3.63, 3.8) is 0 Å². The molecule has 1 heterocycles. The summed E-state index contributed by atoms with van der Waals surface area (Å²) >= 11 is 1.76. The Kier molecular flexibility index (Phi) is 3.78. The Balaban J connectivity index is 2.34. The van der Waals surface area contributed by atoms with E-state index in [4.69, 9.17) is 0 Å². The molecule has 1 aromatic carbocycles. The molecule has 0 amide bonds. The molecule has 2 rings (SSSR count). The van der Waals surface area contributed by atoms with Gasteiger partial charge in [0, 0.05) is 17.3 Å². The van der Waals surface area contributed by atoms with Crippen molar-refractivity contribution in [2.45, 2.75) is 0 Å². The maximum Gasteiger partial charge on any atom is 0.0273 e. The minimum absolute atomic E-state index is 1.18. The van der Waals surface area contributed by atoms with Crippen molar-refractivity contribution in [3.05, 3.63) is 66.0 Å². The molecule has 1 nitrogen and oxygen atoms in total. The third kappa shape index (κ3) is 2.74. The number of rotatable bonds is 3. The van der Waals surface area contributed by atoms with Gasteiger partial charge in [0.1, 0.15) is 0 Å². The van der Waals surface area contributed by atoms with Crippen molar-refractivity contribution >= 4 is 22.7 Å². The van der Waals surface area contributed by atoms with Crippen molar-refractivity contribution in [1.82, 2.24) is 4.98 Å². The van der Waals surface area contributed by atoms with Crippen molar-refractivity contribution < 1.29 is 0 Å². The summed E-state index contributed by atoms with van der Waals surface area (Å²) in [5.74, 6) is 0. The number of aromatic nitrogens is 1. The van der Waals surface area contributed by atoms with Gasteiger partial charge in [0.05, 0.1) is 0 Å². The summed E-state index contributed by atoms with van der Waals surface area (Å²) in [6, 6.07) is 14.4. The lowest BCUT2D eigenvalue weighted by molar-refractivity contribution is 1.32. The fourth-order valence-electron chi connectivity index (χ4n) is 1.47. The monoisotopic (exact) mass is 227 g/mol. The molecule has 0 aliphatic rings. The smallest absolute Gasteiger partial charge is 0.0273 e. The van der Waals surface area contributed by atoms with E-state index < -0.39 is 0 Å². The maximum absolute atomic E-state index is 4.02. The lowest BCUT2D eigenvalue weighted by atomic mass is 10.1. The summed E-state index contributed by atoms with van der Waals surface area (Å²) in [6.07, 6.45) is 7.91. The van der Waals surface area contributed by atoms with Crippen LogP contribution in [-0.2, 0) is 0 Å². The van der Waals surface area contributed by atoms with Crippen LogP contribution in [-0.4, -0.2) is 11.2 Å². The van der Waals surface area contributed by atoms with Crippen molar-refractivity contribution in [1.29, 1.82) is 0 Å². The van der Waals surface area contributed by atoms with Gasteiger partial charge < -0.3 is 0 Å². The first-order chi connectivity index (χ1) is 7.90. The van der Waals surface area contributed by atoms with E-state index in [1.807, 2.05) is 30.6 Å². The van der Waals surface area contributed by atoms with Gasteiger partial charge in [0.25, 0.3) is 0 Å². The van der Waals surface area contributed by atoms with E-state index in [0.29, 0.717) is 0 Å².